The zero-order chi connectivity index (χ0) is 16.7. The molecular formula is C17H18N4O2. The van der Waals surface area contributed by atoms with Crippen LogP contribution in [0.5, 0.6) is 5.75 Å². The first kappa shape index (κ1) is 14.9. The third kappa shape index (κ3) is 2.19. The molecule has 0 spiro atoms. The van der Waals surface area contributed by atoms with Crippen LogP contribution in [0.2, 0.25) is 0 Å². The van der Waals surface area contributed by atoms with Gasteiger partial charge in [-0.05, 0) is 36.6 Å². The van der Waals surface area contributed by atoms with Crippen LogP contribution in [-0.2, 0) is 0 Å². The van der Waals surface area contributed by atoms with Gasteiger partial charge in [0.15, 0.2) is 0 Å². The number of amides is 1. The van der Waals surface area contributed by atoms with Gasteiger partial charge in [0.1, 0.15) is 11.4 Å². The number of benzene rings is 1. The lowest BCUT2D eigenvalue weighted by atomic mass is 9.93. The van der Waals surface area contributed by atoms with Gasteiger partial charge in [-0.2, -0.15) is 0 Å². The van der Waals surface area contributed by atoms with E-state index in [4.69, 9.17) is 16.2 Å². The molecule has 23 heavy (non-hydrogen) atoms. The van der Waals surface area contributed by atoms with E-state index in [0.29, 0.717) is 16.9 Å². The molecule has 1 aromatic carbocycles. The lowest BCUT2D eigenvalue weighted by molar-refractivity contribution is 0.100. The zero-order valence-electron chi connectivity index (χ0n) is 13.3. The van der Waals surface area contributed by atoms with Crippen LogP contribution < -0.4 is 16.2 Å². The van der Waals surface area contributed by atoms with Gasteiger partial charge >= 0.3 is 0 Å². The van der Waals surface area contributed by atoms with Crippen molar-refractivity contribution >= 4 is 17.2 Å². The Bertz CT molecular complexity index is 928. The van der Waals surface area contributed by atoms with Crippen molar-refractivity contribution in [1.29, 1.82) is 0 Å². The highest BCUT2D eigenvalue weighted by atomic mass is 16.5. The van der Waals surface area contributed by atoms with E-state index in [1.165, 1.54) is 0 Å². The number of ether oxygens (including phenoxy) is 1. The Hall–Kier alpha value is -3.02. The van der Waals surface area contributed by atoms with Gasteiger partial charge in [0, 0.05) is 24.2 Å². The molecule has 2 heterocycles. The van der Waals surface area contributed by atoms with Gasteiger partial charge in [0.25, 0.3) is 5.91 Å². The summed E-state index contributed by atoms with van der Waals surface area (Å²) in [6, 6.07) is 3.86. The molecule has 0 aliphatic rings. The number of methoxy groups -OCH3 is 1. The lowest BCUT2D eigenvalue weighted by Crippen LogP contribution is -2.16. The minimum absolute atomic E-state index is 0.270. The minimum Gasteiger partial charge on any atom is -0.496 e. The number of rotatable bonds is 3. The molecule has 3 aromatic rings. The summed E-state index contributed by atoms with van der Waals surface area (Å²) in [5, 5.41) is 0. The van der Waals surface area contributed by atoms with Crippen LogP contribution in [0.25, 0.3) is 16.8 Å². The number of primary amides is 1. The van der Waals surface area contributed by atoms with E-state index in [2.05, 4.69) is 4.98 Å². The van der Waals surface area contributed by atoms with E-state index in [0.717, 1.165) is 22.4 Å². The summed E-state index contributed by atoms with van der Waals surface area (Å²) in [6.45, 7) is 3.94. The van der Waals surface area contributed by atoms with Crippen molar-refractivity contribution in [2.45, 2.75) is 13.8 Å². The fourth-order valence-corrected chi connectivity index (χ4v) is 2.95. The maximum absolute atomic E-state index is 11.7. The third-order valence-electron chi connectivity index (χ3n) is 4.08. The van der Waals surface area contributed by atoms with E-state index >= 15 is 0 Å². The van der Waals surface area contributed by atoms with E-state index < -0.39 is 5.91 Å². The molecule has 0 fully saturated rings. The molecule has 0 radical (unpaired) electrons. The summed E-state index contributed by atoms with van der Waals surface area (Å²) in [4.78, 5) is 16.1. The number of anilines is 1. The summed E-state index contributed by atoms with van der Waals surface area (Å²) in [6.07, 6.45) is 5.03. The van der Waals surface area contributed by atoms with Gasteiger partial charge in [-0.15, -0.1) is 0 Å². The highest BCUT2D eigenvalue weighted by Gasteiger charge is 2.21. The number of nitrogens with two attached hydrogens (primary N) is 2. The van der Waals surface area contributed by atoms with Gasteiger partial charge < -0.3 is 20.6 Å². The SMILES string of the molecule is COc1ccc(C)c(-c2c(N)c(C(N)=O)cn3ccnc23)c1C. The normalized spacial score (nSPS) is 10.9. The Labute approximate surface area is 133 Å². The van der Waals surface area contributed by atoms with Crippen molar-refractivity contribution < 1.29 is 9.53 Å². The number of hydrogen-bond acceptors (Lipinski definition) is 4. The number of imidazole rings is 1. The van der Waals surface area contributed by atoms with Gasteiger partial charge in [-0.1, -0.05) is 6.07 Å². The topological polar surface area (TPSA) is 95.6 Å². The second kappa shape index (κ2) is 5.31. The number of carbonyl (C=O) groups excluding carboxylic acids is 1. The van der Waals surface area contributed by atoms with Crippen molar-refractivity contribution in [3.8, 4) is 16.9 Å². The van der Waals surface area contributed by atoms with Crippen molar-refractivity contribution in [1.82, 2.24) is 9.38 Å². The molecule has 6 nitrogen and oxygen atoms in total. The molecule has 0 aliphatic carbocycles. The Morgan fingerprint density at radius 1 is 1.26 bits per heavy atom. The molecule has 0 bridgehead atoms. The van der Waals surface area contributed by atoms with Crippen LogP contribution >= 0.6 is 0 Å². The molecule has 0 saturated heterocycles. The predicted molar refractivity (Wildman–Crippen MR) is 89.6 cm³/mol. The quantitative estimate of drug-likeness (QED) is 0.776. The summed E-state index contributed by atoms with van der Waals surface area (Å²) < 4.78 is 7.17. The van der Waals surface area contributed by atoms with Crippen LogP contribution in [0.3, 0.4) is 0 Å². The van der Waals surface area contributed by atoms with Crippen LogP contribution in [0.1, 0.15) is 21.5 Å². The molecule has 6 heteroatoms. The van der Waals surface area contributed by atoms with E-state index in [9.17, 15) is 4.79 Å². The monoisotopic (exact) mass is 310 g/mol. The minimum atomic E-state index is -0.572. The number of aromatic nitrogens is 2. The predicted octanol–water partition coefficient (Wildman–Crippen LogP) is 2.31. The van der Waals surface area contributed by atoms with Gasteiger partial charge in [-0.25, -0.2) is 4.98 Å². The number of nitrogen functional groups attached to an aromatic ring is 1. The first-order chi connectivity index (χ1) is 11.0. The molecule has 4 N–H and O–H groups in total. The number of carbonyl (C=O) groups is 1. The maximum atomic E-state index is 11.7. The number of aryl methyl sites for hydroxylation is 1. The average Bonchev–Trinajstić information content (AvgIpc) is 2.97. The number of fused-ring (bicyclic) bond motifs is 1. The van der Waals surface area contributed by atoms with Crippen LogP contribution in [0, 0.1) is 13.8 Å². The van der Waals surface area contributed by atoms with E-state index in [-0.39, 0.29) is 5.56 Å². The van der Waals surface area contributed by atoms with Crippen molar-refractivity contribution in [2.24, 2.45) is 5.73 Å². The first-order valence-electron chi connectivity index (χ1n) is 7.15. The van der Waals surface area contributed by atoms with Crippen molar-refractivity contribution in [3.63, 3.8) is 0 Å². The average molecular weight is 310 g/mol. The molecule has 0 unspecified atom stereocenters. The van der Waals surface area contributed by atoms with Crippen molar-refractivity contribution in [2.75, 3.05) is 12.8 Å². The van der Waals surface area contributed by atoms with Gasteiger partial charge in [0.2, 0.25) is 0 Å². The summed E-state index contributed by atoms with van der Waals surface area (Å²) >= 11 is 0. The zero-order valence-corrected chi connectivity index (χ0v) is 13.3. The fraction of sp³-hybridized carbons (Fsp3) is 0.176. The fourth-order valence-electron chi connectivity index (χ4n) is 2.95. The second-order valence-corrected chi connectivity index (χ2v) is 5.44. The molecule has 2 aromatic heterocycles. The number of nitrogens with zero attached hydrogens (tertiary/aromatic N) is 2. The molecule has 3 rings (SSSR count). The molecule has 118 valence electrons. The Kier molecular flexibility index (Phi) is 3.44. The summed E-state index contributed by atoms with van der Waals surface area (Å²) in [5.41, 5.74) is 16.6. The largest absolute Gasteiger partial charge is 0.496 e. The Balaban J connectivity index is 2.48. The van der Waals surface area contributed by atoms with E-state index in [1.54, 1.807) is 30.1 Å². The summed E-state index contributed by atoms with van der Waals surface area (Å²) in [5.74, 6) is 0.178. The van der Waals surface area contributed by atoms with Gasteiger partial charge in [0.05, 0.1) is 18.4 Å². The number of pyridine rings is 1. The number of hydrogen-bond donors (Lipinski definition) is 2. The molecule has 0 saturated carbocycles. The highest BCUT2D eigenvalue weighted by molar-refractivity contribution is 6.04. The van der Waals surface area contributed by atoms with Crippen molar-refractivity contribution in [3.05, 3.63) is 47.4 Å². The van der Waals surface area contributed by atoms with Crippen LogP contribution in [0.15, 0.2) is 30.7 Å². The smallest absolute Gasteiger partial charge is 0.252 e. The van der Waals surface area contributed by atoms with Crippen LogP contribution in [0.4, 0.5) is 5.69 Å². The second-order valence-electron chi connectivity index (χ2n) is 5.44. The Morgan fingerprint density at radius 3 is 2.65 bits per heavy atom. The molecule has 1 amide bonds. The molecule has 0 atom stereocenters. The van der Waals surface area contributed by atoms with Gasteiger partial charge in [-0.3, -0.25) is 4.79 Å². The van der Waals surface area contributed by atoms with Crippen LogP contribution in [-0.4, -0.2) is 22.4 Å². The first-order valence-corrected chi connectivity index (χ1v) is 7.15. The maximum Gasteiger partial charge on any atom is 0.252 e. The molecule has 0 aliphatic heterocycles. The summed E-state index contributed by atoms with van der Waals surface area (Å²) in [7, 11) is 1.62. The van der Waals surface area contributed by atoms with E-state index in [1.807, 2.05) is 26.0 Å². The Morgan fingerprint density at radius 2 is 2.00 bits per heavy atom. The lowest BCUT2D eigenvalue weighted by Gasteiger charge is -2.17. The standard InChI is InChI=1S/C17H18N4O2/c1-9-4-5-12(23-3)10(2)13(9)14-15(18)11(16(19)22)8-21-7-6-20-17(14)21/h4-8H,18H2,1-3H3,(H2,19,22). The highest BCUT2D eigenvalue weighted by Crippen LogP contribution is 2.39. The third-order valence-corrected chi connectivity index (χ3v) is 4.08. The molecular weight excluding hydrogens is 292 g/mol.